The second kappa shape index (κ2) is 8.46. The molecule has 1 saturated heterocycles. The second-order valence-electron chi connectivity index (χ2n) is 7.48. The summed E-state index contributed by atoms with van der Waals surface area (Å²) in [5, 5.41) is 14.4. The van der Waals surface area contributed by atoms with Gasteiger partial charge in [0.25, 0.3) is 0 Å². The highest BCUT2D eigenvalue weighted by Crippen LogP contribution is 2.26. The highest BCUT2D eigenvalue weighted by Gasteiger charge is 2.27. The van der Waals surface area contributed by atoms with E-state index in [1.807, 2.05) is 49.1 Å². The normalized spacial score (nSPS) is 16.8. The lowest BCUT2D eigenvalue weighted by molar-refractivity contribution is 0.178. The SMILES string of the molecule is Cc1noc(C)c1CCNC(=O)N1CCCC(c2nc(-c3ccccc3)n[nH]2)C1. The molecule has 1 aliphatic heterocycles. The number of likely N-dealkylation sites (tertiary alicyclic amines) is 1. The smallest absolute Gasteiger partial charge is 0.317 e. The maximum Gasteiger partial charge on any atom is 0.317 e. The topological polar surface area (TPSA) is 99.9 Å². The van der Waals surface area contributed by atoms with Gasteiger partial charge in [-0.3, -0.25) is 5.10 Å². The molecule has 1 fully saturated rings. The van der Waals surface area contributed by atoms with E-state index in [0.29, 0.717) is 25.3 Å². The Balaban J connectivity index is 1.33. The third kappa shape index (κ3) is 4.31. The van der Waals surface area contributed by atoms with E-state index in [1.54, 1.807) is 0 Å². The Bertz CT molecular complexity index is 945. The number of hydrogen-bond donors (Lipinski definition) is 2. The fourth-order valence-corrected chi connectivity index (χ4v) is 3.82. The van der Waals surface area contributed by atoms with Crippen LogP contribution in [0.5, 0.6) is 0 Å². The van der Waals surface area contributed by atoms with Gasteiger partial charge in [0.05, 0.1) is 5.69 Å². The first-order valence-electron chi connectivity index (χ1n) is 10.0. The molecule has 2 N–H and O–H groups in total. The lowest BCUT2D eigenvalue weighted by Crippen LogP contribution is -2.45. The summed E-state index contributed by atoms with van der Waals surface area (Å²) in [7, 11) is 0. The number of aryl methyl sites for hydroxylation is 2. The molecule has 1 aromatic carbocycles. The van der Waals surface area contributed by atoms with Crippen molar-refractivity contribution >= 4 is 6.03 Å². The van der Waals surface area contributed by atoms with Crippen molar-refractivity contribution in [2.45, 2.75) is 39.0 Å². The number of urea groups is 1. The van der Waals surface area contributed by atoms with Crippen molar-refractivity contribution in [1.82, 2.24) is 30.6 Å². The molecule has 152 valence electrons. The number of piperidine rings is 1. The minimum Gasteiger partial charge on any atom is -0.361 e. The quantitative estimate of drug-likeness (QED) is 0.692. The summed E-state index contributed by atoms with van der Waals surface area (Å²) in [6.45, 7) is 5.77. The van der Waals surface area contributed by atoms with Crippen molar-refractivity contribution < 1.29 is 9.32 Å². The molecule has 29 heavy (non-hydrogen) atoms. The van der Waals surface area contributed by atoms with E-state index in [1.165, 1.54) is 0 Å². The summed E-state index contributed by atoms with van der Waals surface area (Å²) in [6, 6.07) is 9.87. The largest absolute Gasteiger partial charge is 0.361 e. The lowest BCUT2D eigenvalue weighted by Gasteiger charge is -2.31. The molecule has 8 heteroatoms. The van der Waals surface area contributed by atoms with E-state index >= 15 is 0 Å². The van der Waals surface area contributed by atoms with E-state index in [0.717, 1.165) is 47.8 Å². The second-order valence-corrected chi connectivity index (χ2v) is 7.48. The maximum absolute atomic E-state index is 12.6. The van der Waals surface area contributed by atoms with Crippen molar-refractivity contribution in [2.24, 2.45) is 0 Å². The molecule has 1 unspecified atom stereocenters. The maximum atomic E-state index is 12.6. The van der Waals surface area contributed by atoms with Gasteiger partial charge < -0.3 is 14.7 Å². The molecule has 3 aromatic rings. The zero-order valence-corrected chi connectivity index (χ0v) is 16.8. The highest BCUT2D eigenvalue weighted by molar-refractivity contribution is 5.74. The first kappa shape index (κ1) is 19.2. The van der Waals surface area contributed by atoms with Crippen LogP contribution < -0.4 is 5.32 Å². The van der Waals surface area contributed by atoms with Gasteiger partial charge in [-0.25, -0.2) is 9.78 Å². The van der Waals surface area contributed by atoms with Crippen LogP contribution in [0.15, 0.2) is 34.9 Å². The molecule has 2 amide bonds. The number of aromatic nitrogens is 4. The van der Waals surface area contributed by atoms with Crippen molar-refractivity contribution in [3.8, 4) is 11.4 Å². The van der Waals surface area contributed by atoms with Crippen molar-refractivity contribution in [3.63, 3.8) is 0 Å². The number of hydrogen-bond acceptors (Lipinski definition) is 5. The fraction of sp³-hybridized carbons (Fsp3) is 0.429. The zero-order chi connectivity index (χ0) is 20.2. The number of H-pyrrole nitrogens is 1. The molecule has 1 aliphatic rings. The van der Waals surface area contributed by atoms with Gasteiger partial charge in [0.2, 0.25) is 0 Å². The van der Waals surface area contributed by atoms with Gasteiger partial charge in [0, 0.05) is 36.7 Å². The Kier molecular flexibility index (Phi) is 5.59. The number of amides is 2. The molecule has 4 rings (SSSR count). The molecule has 0 saturated carbocycles. The van der Waals surface area contributed by atoms with Crippen LogP contribution in [0.1, 0.15) is 41.6 Å². The van der Waals surface area contributed by atoms with Crippen molar-refractivity contribution in [2.75, 3.05) is 19.6 Å². The number of rotatable bonds is 5. The van der Waals surface area contributed by atoms with Crippen LogP contribution in [0, 0.1) is 13.8 Å². The molecule has 0 bridgehead atoms. The Morgan fingerprint density at radius 3 is 2.90 bits per heavy atom. The van der Waals surface area contributed by atoms with E-state index in [4.69, 9.17) is 4.52 Å². The number of aromatic amines is 1. The summed E-state index contributed by atoms with van der Waals surface area (Å²) in [4.78, 5) is 19.2. The predicted octanol–water partition coefficient (Wildman–Crippen LogP) is 3.21. The van der Waals surface area contributed by atoms with E-state index in [-0.39, 0.29) is 11.9 Å². The lowest BCUT2D eigenvalue weighted by atomic mass is 9.97. The molecule has 0 spiro atoms. The number of carbonyl (C=O) groups is 1. The minimum atomic E-state index is -0.0377. The van der Waals surface area contributed by atoms with Crippen LogP contribution in [0.4, 0.5) is 4.79 Å². The van der Waals surface area contributed by atoms with Gasteiger partial charge >= 0.3 is 6.03 Å². The molecule has 3 heterocycles. The highest BCUT2D eigenvalue weighted by atomic mass is 16.5. The van der Waals surface area contributed by atoms with Crippen LogP contribution in [0.3, 0.4) is 0 Å². The monoisotopic (exact) mass is 394 g/mol. The van der Waals surface area contributed by atoms with Crippen LogP contribution in [0.2, 0.25) is 0 Å². The number of nitrogens with zero attached hydrogens (tertiary/aromatic N) is 4. The number of carbonyl (C=O) groups excluding carboxylic acids is 1. The Hall–Kier alpha value is -3.16. The number of benzene rings is 1. The van der Waals surface area contributed by atoms with Gasteiger partial charge in [-0.1, -0.05) is 35.5 Å². The van der Waals surface area contributed by atoms with Gasteiger partial charge in [0.15, 0.2) is 5.82 Å². The first-order valence-corrected chi connectivity index (χ1v) is 10.0. The summed E-state index contributed by atoms with van der Waals surface area (Å²) >= 11 is 0. The molecule has 8 nitrogen and oxygen atoms in total. The summed E-state index contributed by atoms with van der Waals surface area (Å²) in [5.41, 5.74) is 2.94. The first-order chi connectivity index (χ1) is 14.1. The van der Waals surface area contributed by atoms with Crippen molar-refractivity contribution in [1.29, 1.82) is 0 Å². The average Bonchev–Trinajstić information content (AvgIpc) is 3.37. The third-order valence-corrected chi connectivity index (χ3v) is 5.46. The molecular formula is C21H26N6O2. The molecular weight excluding hydrogens is 368 g/mol. The Morgan fingerprint density at radius 1 is 1.31 bits per heavy atom. The zero-order valence-electron chi connectivity index (χ0n) is 16.8. The van der Waals surface area contributed by atoms with E-state index in [2.05, 4.69) is 25.7 Å². The average molecular weight is 394 g/mol. The van der Waals surface area contributed by atoms with Gasteiger partial charge in [0.1, 0.15) is 11.6 Å². The van der Waals surface area contributed by atoms with Crippen LogP contribution in [-0.2, 0) is 6.42 Å². The molecule has 2 aromatic heterocycles. The molecule has 1 atom stereocenters. The van der Waals surface area contributed by atoms with Crippen molar-refractivity contribution in [3.05, 3.63) is 53.2 Å². The summed E-state index contributed by atoms with van der Waals surface area (Å²) < 4.78 is 5.18. The predicted molar refractivity (Wildman–Crippen MR) is 108 cm³/mol. The Morgan fingerprint density at radius 2 is 2.14 bits per heavy atom. The summed E-state index contributed by atoms with van der Waals surface area (Å²) in [6.07, 6.45) is 2.66. The standard InChI is InChI=1S/C21H26N6O2/c1-14-18(15(2)29-26-14)10-11-22-21(28)27-12-6-9-17(13-27)20-23-19(24-25-20)16-7-4-3-5-8-16/h3-5,7-8,17H,6,9-13H2,1-2H3,(H,22,28)(H,23,24,25). The van der Waals surface area contributed by atoms with Crippen LogP contribution >= 0.6 is 0 Å². The summed E-state index contributed by atoms with van der Waals surface area (Å²) in [5.74, 6) is 2.52. The van der Waals surface area contributed by atoms with E-state index in [9.17, 15) is 4.79 Å². The fourth-order valence-electron chi connectivity index (χ4n) is 3.82. The molecule has 0 aliphatic carbocycles. The van der Waals surface area contributed by atoms with Crippen LogP contribution in [0.25, 0.3) is 11.4 Å². The van der Waals surface area contributed by atoms with Gasteiger partial charge in [-0.2, -0.15) is 5.10 Å². The van der Waals surface area contributed by atoms with Gasteiger partial charge in [-0.15, -0.1) is 0 Å². The van der Waals surface area contributed by atoms with Gasteiger partial charge in [-0.05, 0) is 33.1 Å². The van der Waals surface area contributed by atoms with E-state index < -0.39 is 0 Å². The number of nitrogens with one attached hydrogen (secondary N) is 2. The third-order valence-electron chi connectivity index (χ3n) is 5.46. The Labute approximate surface area is 169 Å². The van der Waals surface area contributed by atoms with Crippen LogP contribution in [-0.4, -0.2) is 50.9 Å². The molecule has 0 radical (unpaired) electrons. The minimum absolute atomic E-state index is 0.0377.